The molecule has 2 heterocycles. The molecule has 2 aromatic carbocycles. The molecular formula is C21H17N3O2S. The Morgan fingerprint density at radius 1 is 1.04 bits per heavy atom. The summed E-state index contributed by atoms with van der Waals surface area (Å²) in [6.07, 6.45) is 4.84. The van der Waals surface area contributed by atoms with Crippen LogP contribution in [-0.2, 0) is 6.54 Å². The van der Waals surface area contributed by atoms with Crippen LogP contribution in [0.25, 0.3) is 10.8 Å². The SMILES string of the molecule is O=C(NCc1ccco1)c1ccncc1NSc1ccc2ccccc2c1. The first-order valence-corrected chi connectivity index (χ1v) is 9.27. The molecule has 0 unspecified atom stereocenters. The van der Waals surface area contributed by atoms with Crippen molar-refractivity contribution >= 4 is 34.3 Å². The van der Waals surface area contributed by atoms with Crippen LogP contribution in [-0.4, -0.2) is 10.9 Å². The van der Waals surface area contributed by atoms with E-state index in [1.165, 1.54) is 22.7 Å². The summed E-state index contributed by atoms with van der Waals surface area (Å²) in [6.45, 7) is 0.339. The molecule has 0 saturated heterocycles. The topological polar surface area (TPSA) is 67.2 Å². The first-order valence-electron chi connectivity index (χ1n) is 8.46. The molecular weight excluding hydrogens is 358 g/mol. The van der Waals surface area contributed by atoms with E-state index in [9.17, 15) is 4.79 Å². The molecule has 134 valence electrons. The fraction of sp³-hybridized carbons (Fsp3) is 0.0476. The molecule has 0 fully saturated rings. The van der Waals surface area contributed by atoms with Gasteiger partial charge >= 0.3 is 0 Å². The Hall–Kier alpha value is -3.25. The van der Waals surface area contributed by atoms with E-state index in [0.717, 1.165) is 4.90 Å². The molecule has 0 atom stereocenters. The Balaban J connectivity index is 1.46. The van der Waals surface area contributed by atoms with Gasteiger partial charge < -0.3 is 14.5 Å². The molecule has 0 radical (unpaired) electrons. The van der Waals surface area contributed by atoms with Crippen LogP contribution in [0.2, 0.25) is 0 Å². The van der Waals surface area contributed by atoms with Gasteiger partial charge in [0, 0.05) is 11.1 Å². The van der Waals surface area contributed by atoms with E-state index in [4.69, 9.17) is 4.42 Å². The van der Waals surface area contributed by atoms with Gasteiger partial charge in [-0.3, -0.25) is 9.78 Å². The van der Waals surface area contributed by atoms with Crippen molar-refractivity contribution in [3.63, 3.8) is 0 Å². The lowest BCUT2D eigenvalue weighted by Crippen LogP contribution is -2.23. The highest BCUT2D eigenvalue weighted by Gasteiger charge is 2.12. The molecule has 6 heteroatoms. The van der Waals surface area contributed by atoms with Crippen molar-refractivity contribution in [2.45, 2.75) is 11.4 Å². The molecule has 0 aliphatic rings. The van der Waals surface area contributed by atoms with Crippen LogP contribution in [0.5, 0.6) is 0 Å². The number of rotatable bonds is 6. The summed E-state index contributed by atoms with van der Waals surface area (Å²) in [5, 5.41) is 5.22. The third-order valence-electron chi connectivity index (χ3n) is 4.07. The van der Waals surface area contributed by atoms with Crippen LogP contribution in [0, 0.1) is 0 Å². The van der Waals surface area contributed by atoms with Crippen LogP contribution >= 0.6 is 11.9 Å². The Labute approximate surface area is 160 Å². The molecule has 2 aromatic heterocycles. The van der Waals surface area contributed by atoms with E-state index >= 15 is 0 Å². The summed E-state index contributed by atoms with van der Waals surface area (Å²) in [5.74, 6) is 0.521. The number of nitrogens with zero attached hydrogens (tertiary/aromatic N) is 1. The van der Waals surface area contributed by atoms with Crippen LogP contribution < -0.4 is 10.0 Å². The van der Waals surface area contributed by atoms with Gasteiger partial charge in [-0.2, -0.15) is 0 Å². The number of anilines is 1. The zero-order valence-corrected chi connectivity index (χ0v) is 15.2. The fourth-order valence-corrected chi connectivity index (χ4v) is 3.41. The Morgan fingerprint density at radius 2 is 1.93 bits per heavy atom. The third kappa shape index (κ3) is 4.12. The van der Waals surface area contributed by atoms with Crippen molar-refractivity contribution < 1.29 is 9.21 Å². The first-order chi connectivity index (χ1) is 13.3. The van der Waals surface area contributed by atoms with Crippen LogP contribution in [0.3, 0.4) is 0 Å². The first kappa shape index (κ1) is 17.2. The number of amides is 1. The Bertz CT molecular complexity index is 1060. The quantitative estimate of drug-likeness (QED) is 0.470. The second-order valence-corrected chi connectivity index (χ2v) is 6.78. The van der Waals surface area contributed by atoms with Gasteiger partial charge in [0.1, 0.15) is 5.76 Å². The number of fused-ring (bicyclic) bond motifs is 1. The second kappa shape index (κ2) is 7.97. The highest BCUT2D eigenvalue weighted by Crippen LogP contribution is 2.26. The standard InChI is InChI=1S/C21H17N3O2S/c25-21(23-13-17-6-3-11-26-17)19-9-10-22-14-20(19)24-27-18-8-7-15-4-1-2-5-16(15)12-18/h1-12,14,24H,13H2,(H,23,25). The second-order valence-electron chi connectivity index (χ2n) is 5.90. The van der Waals surface area contributed by atoms with E-state index in [1.54, 1.807) is 30.8 Å². The summed E-state index contributed by atoms with van der Waals surface area (Å²) < 4.78 is 8.48. The highest BCUT2D eigenvalue weighted by atomic mass is 32.2. The van der Waals surface area contributed by atoms with Crippen molar-refractivity contribution in [1.82, 2.24) is 10.3 Å². The van der Waals surface area contributed by atoms with Crippen LogP contribution in [0.15, 0.2) is 88.6 Å². The number of aromatic nitrogens is 1. The molecule has 0 aliphatic heterocycles. The minimum atomic E-state index is -0.185. The lowest BCUT2D eigenvalue weighted by molar-refractivity contribution is 0.0949. The number of carbonyl (C=O) groups is 1. The number of carbonyl (C=O) groups excluding carboxylic acids is 1. The molecule has 4 rings (SSSR count). The average Bonchev–Trinajstić information content (AvgIpc) is 3.24. The summed E-state index contributed by atoms with van der Waals surface area (Å²) in [4.78, 5) is 17.7. The molecule has 0 bridgehead atoms. The number of furan rings is 1. The lowest BCUT2D eigenvalue weighted by Gasteiger charge is -2.11. The van der Waals surface area contributed by atoms with Gasteiger partial charge in [-0.05, 0) is 53.1 Å². The van der Waals surface area contributed by atoms with Gasteiger partial charge in [-0.1, -0.05) is 30.3 Å². The fourth-order valence-electron chi connectivity index (χ4n) is 2.69. The maximum absolute atomic E-state index is 12.5. The monoisotopic (exact) mass is 375 g/mol. The maximum atomic E-state index is 12.5. The Kier molecular flexibility index (Phi) is 5.07. The van der Waals surface area contributed by atoms with Gasteiger partial charge in [-0.15, -0.1) is 0 Å². The lowest BCUT2D eigenvalue weighted by atomic mass is 10.1. The van der Waals surface area contributed by atoms with Gasteiger partial charge in [0.2, 0.25) is 0 Å². The summed E-state index contributed by atoms with van der Waals surface area (Å²) >= 11 is 1.45. The van der Waals surface area contributed by atoms with Crippen molar-refractivity contribution in [3.8, 4) is 0 Å². The number of hydrogen-bond acceptors (Lipinski definition) is 5. The molecule has 0 aliphatic carbocycles. The van der Waals surface area contributed by atoms with Gasteiger partial charge in [0.15, 0.2) is 0 Å². The van der Waals surface area contributed by atoms with Crippen LogP contribution in [0.1, 0.15) is 16.1 Å². The predicted molar refractivity (Wildman–Crippen MR) is 108 cm³/mol. The predicted octanol–water partition coefficient (Wildman–Crippen LogP) is 4.88. The minimum absolute atomic E-state index is 0.185. The Morgan fingerprint density at radius 3 is 2.78 bits per heavy atom. The van der Waals surface area contributed by atoms with Gasteiger partial charge in [0.25, 0.3) is 5.91 Å². The van der Waals surface area contributed by atoms with E-state index in [1.807, 2.05) is 24.3 Å². The van der Waals surface area contributed by atoms with E-state index in [2.05, 4.69) is 39.3 Å². The zero-order valence-electron chi connectivity index (χ0n) is 14.4. The van der Waals surface area contributed by atoms with Gasteiger partial charge in [-0.25, -0.2) is 0 Å². The maximum Gasteiger partial charge on any atom is 0.253 e. The van der Waals surface area contributed by atoms with Crippen molar-refractivity contribution in [2.75, 3.05) is 4.72 Å². The molecule has 0 saturated carbocycles. The number of benzene rings is 2. The number of hydrogen-bond donors (Lipinski definition) is 2. The van der Waals surface area contributed by atoms with E-state index in [0.29, 0.717) is 23.6 Å². The van der Waals surface area contributed by atoms with Crippen molar-refractivity contribution in [1.29, 1.82) is 0 Å². The molecule has 1 amide bonds. The van der Waals surface area contributed by atoms with Crippen molar-refractivity contribution in [2.24, 2.45) is 0 Å². The summed E-state index contributed by atoms with van der Waals surface area (Å²) in [6, 6.07) is 19.8. The molecule has 2 N–H and O–H groups in total. The third-order valence-corrected chi connectivity index (χ3v) is 4.88. The molecule has 27 heavy (non-hydrogen) atoms. The van der Waals surface area contributed by atoms with Crippen molar-refractivity contribution in [3.05, 3.63) is 90.6 Å². The normalized spacial score (nSPS) is 10.7. The average molecular weight is 375 g/mol. The molecule has 4 aromatic rings. The largest absolute Gasteiger partial charge is 0.467 e. The summed E-state index contributed by atoms with van der Waals surface area (Å²) in [7, 11) is 0. The van der Waals surface area contributed by atoms with Crippen LogP contribution in [0.4, 0.5) is 5.69 Å². The smallest absolute Gasteiger partial charge is 0.253 e. The van der Waals surface area contributed by atoms with E-state index < -0.39 is 0 Å². The van der Waals surface area contributed by atoms with Gasteiger partial charge in [0.05, 0.1) is 30.3 Å². The highest BCUT2D eigenvalue weighted by molar-refractivity contribution is 8.00. The number of nitrogens with one attached hydrogen (secondary N) is 2. The molecule has 5 nitrogen and oxygen atoms in total. The van der Waals surface area contributed by atoms with E-state index in [-0.39, 0.29) is 5.91 Å². The minimum Gasteiger partial charge on any atom is -0.467 e. The number of pyridine rings is 1. The summed E-state index contributed by atoms with van der Waals surface area (Å²) in [5.41, 5.74) is 1.19. The zero-order chi connectivity index (χ0) is 18.5. The molecule has 0 spiro atoms.